The second kappa shape index (κ2) is 7.11. The Labute approximate surface area is 150 Å². The lowest BCUT2D eigenvalue weighted by Gasteiger charge is -2.02. The smallest absolute Gasteiger partial charge is 0.302 e. The molecule has 26 heavy (non-hydrogen) atoms. The van der Waals surface area contributed by atoms with Crippen molar-refractivity contribution >= 4 is 40.3 Å². The first kappa shape index (κ1) is 17.2. The molecule has 1 heterocycles. The molecular formula is C16H10ClN5O4. The topological polar surface area (TPSA) is 130 Å². The maximum absolute atomic E-state index is 12.1. The summed E-state index contributed by atoms with van der Waals surface area (Å²) in [6.45, 7) is 0. The van der Waals surface area contributed by atoms with Crippen LogP contribution in [0.3, 0.4) is 0 Å². The lowest BCUT2D eigenvalue weighted by Crippen LogP contribution is -2.24. The number of hydrogen-bond donors (Lipinski definition) is 2. The van der Waals surface area contributed by atoms with Crippen LogP contribution < -0.4 is 11.0 Å². The van der Waals surface area contributed by atoms with Crippen molar-refractivity contribution in [1.29, 1.82) is 0 Å². The molecule has 1 amide bonds. The standard InChI is InChI=1S/C16H10ClN5O4/c17-12-4-2-1-3-9(12)8-18-21-16(24)14-19-13-6-5-10(22(25)26)7-11(13)15(23)20-14/h1-8H,(H,21,24)(H,19,20,23)/b18-8+. The summed E-state index contributed by atoms with van der Waals surface area (Å²) in [4.78, 5) is 40.6. The predicted molar refractivity (Wildman–Crippen MR) is 95.5 cm³/mol. The number of halogens is 1. The number of amides is 1. The van der Waals surface area contributed by atoms with Gasteiger partial charge in [0, 0.05) is 22.7 Å². The highest BCUT2D eigenvalue weighted by Gasteiger charge is 2.14. The zero-order chi connectivity index (χ0) is 18.7. The van der Waals surface area contributed by atoms with Crippen molar-refractivity contribution in [2.45, 2.75) is 0 Å². The van der Waals surface area contributed by atoms with Crippen LogP contribution in [0.25, 0.3) is 10.9 Å². The minimum atomic E-state index is -0.745. The molecule has 1 aromatic heterocycles. The monoisotopic (exact) mass is 371 g/mol. The molecule has 2 aromatic carbocycles. The fourth-order valence-corrected chi connectivity index (χ4v) is 2.33. The van der Waals surface area contributed by atoms with Gasteiger partial charge in [-0.05, 0) is 12.1 Å². The van der Waals surface area contributed by atoms with Crippen molar-refractivity contribution in [2.75, 3.05) is 0 Å². The molecule has 9 nitrogen and oxygen atoms in total. The molecule has 0 radical (unpaired) electrons. The largest absolute Gasteiger partial charge is 0.307 e. The molecule has 3 aromatic rings. The van der Waals surface area contributed by atoms with E-state index in [2.05, 4.69) is 20.5 Å². The maximum Gasteiger partial charge on any atom is 0.307 e. The van der Waals surface area contributed by atoms with Crippen LogP contribution in [0.15, 0.2) is 52.4 Å². The van der Waals surface area contributed by atoms with Gasteiger partial charge in [-0.25, -0.2) is 10.4 Å². The van der Waals surface area contributed by atoms with E-state index in [0.717, 1.165) is 6.07 Å². The van der Waals surface area contributed by atoms with E-state index in [-0.39, 0.29) is 22.4 Å². The van der Waals surface area contributed by atoms with Crippen LogP contribution in [0.2, 0.25) is 5.02 Å². The number of fused-ring (bicyclic) bond motifs is 1. The van der Waals surface area contributed by atoms with Crippen LogP contribution in [-0.4, -0.2) is 27.0 Å². The number of nitrogens with zero attached hydrogens (tertiary/aromatic N) is 3. The number of hydrazone groups is 1. The third kappa shape index (κ3) is 3.57. The highest BCUT2D eigenvalue weighted by Crippen LogP contribution is 2.16. The Balaban J connectivity index is 1.85. The molecule has 0 aliphatic carbocycles. The number of non-ortho nitro benzene ring substituents is 1. The number of nitro groups is 1. The molecule has 0 aliphatic rings. The van der Waals surface area contributed by atoms with E-state index in [1.807, 2.05) is 0 Å². The molecule has 10 heteroatoms. The SMILES string of the molecule is O=C(N/N=C/c1ccccc1Cl)c1nc2ccc([N+](=O)[O-])cc2c(=O)[nH]1. The summed E-state index contributed by atoms with van der Waals surface area (Å²) < 4.78 is 0. The number of rotatable bonds is 4. The van der Waals surface area contributed by atoms with Gasteiger partial charge in [-0.3, -0.25) is 19.7 Å². The van der Waals surface area contributed by atoms with Crippen molar-refractivity contribution in [3.05, 3.63) is 79.3 Å². The highest BCUT2D eigenvalue weighted by molar-refractivity contribution is 6.33. The molecular weight excluding hydrogens is 362 g/mol. The van der Waals surface area contributed by atoms with Crippen LogP contribution >= 0.6 is 11.6 Å². The van der Waals surface area contributed by atoms with E-state index in [1.54, 1.807) is 24.3 Å². The van der Waals surface area contributed by atoms with E-state index < -0.39 is 16.4 Å². The Morgan fingerprint density at radius 2 is 2.08 bits per heavy atom. The van der Waals surface area contributed by atoms with Gasteiger partial charge in [0.1, 0.15) is 0 Å². The zero-order valence-electron chi connectivity index (χ0n) is 13.0. The lowest BCUT2D eigenvalue weighted by molar-refractivity contribution is -0.384. The van der Waals surface area contributed by atoms with Crippen molar-refractivity contribution in [3.63, 3.8) is 0 Å². The Bertz CT molecular complexity index is 1110. The third-order valence-corrected chi connectivity index (χ3v) is 3.73. The van der Waals surface area contributed by atoms with Crippen molar-refractivity contribution < 1.29 is 9.72 Å². The summed E-state index contributed by atoms with van der Waals surface area (Å²) in [5.74, 6) is -1.02. The van der Waals surface area contributed by atoms with E-state index in [0.29, 0.717) is 10.6 Å². The summed E-state index contributed by atoms with van der Waals surface area (Å²) in [5.41, 5.74) is 2.07. The third-order valence-electron chi connectivity index (χ3n) is 3.39. The summed E-state index contributed by atoms with van der Waals surface area (Å²) in [6, 6.07) is 10.5. The van der Waals surface area contributed by atoms with E-state index in [1.165, 1.54) is 18.3 Å². The van der Waals surface area contributed by atoms with Gasteiger partial charge >= 0.3 is 5.91 Å². The van der Waals surface area contributed by atoms with Crippen LogP contribution in [0.4, 0.5) is 5.69 Å². The van der Waals surface area contributed by atoms with Gasteiger partial charge in [0.2, 0.25) is 5.82 Å². The van der Waals surface area contributed by atoms with Gasteiger partial charge in [-0.1, -0.05) is 29.8 Å². The summed E-state index contributed by atoms with van der Waals surface area (Å²) in [6.07, 6.45) is 1.35. The van der Waals surface area contributed by atoms with Gasteiger partial charge < -0.3 is 4.98 Å². The maximum atomic E-state index is 12.1. The molecule has 0 fully saturated rings. The first-order valence-corrected chi connectivity index (χ1v) is 7.60. The normalized spacial score (nSPS) is 11.0. The van der Waals surface area contributed by atoms with Crippen LogP contribution in [0, 0.1) is 10.1 Å². The zero-order valence-corrected chi connectivity index (χ0v) is 13.7. The molecule has 130 valence electrons. The lowest BCUT2D eigenvalue weighted by atomic mass is 10.2. The summed E-state index contributed by atoms with van der Waals surface area (Å²) in [7, 11) is 0. The summed E-state index contributed by atoms with van der Waals surface area (Å²) >= 11 is 5.97. The molecule has 0 spiro atoms. The molecule has 2 N–H and O–H groups in total. The number of nitrogens with one attached hydrogen (secondary N) is 2. The minimum absolute atomic E-state index is 0.00955. The summed E-state index contributed by atoms with van der Waals surface area (Å²) in [5, 5.41) is 15.0. The van der Waals surface area contributed by atoms with Crippen molar-refractivity contribution in [1.82, 2.24) is 15.4 Å². The molecule has 0 saturated heterocycles. The first-order valence-electron chi connectivity index (χ1n) is 7.22. The van der Waals surface area contributed by atoms with E-state index in [4.69, 9.17) is 11.6 Å². The van der Waals surface area contributed by atoms with Crippen LogP contribution in [-0.2, 0) is 0 Å². The fourth-order valence-electron chi connectivity index (χ4n) is 2.14. The van der Waals surface area contributed by atoms with Crippen LogP contribution in [0.5, 0.6) is 0 Å². The number of hydrogen-bond acceptors (Lipinski definition) is 6. The Morgan fingerprint density at radius 3 is 2.81 bits per heavy atom. The second-order valence-corrected chi connectivity index (χ2v) is 5.50. The Hall–Kier alpha value is -3.59. The number of carbonyl (C=O) groups is 1. The first-order chi connectivity index (χ1) is 12.5. The quantitative estimate of drug-likeness (QED) is 0.412. The van der Waals surface area contributed by atoms with Crippen molar-refractivity contribution in [2.24, 2.45) is 5.10 Å². The number of nitro benzene ring substituents is 1. The van der Waals surface area contributed by atoms with Gasteiger partial charge in [0.25, 0.3) is 11.2 Å². The van der Waals surface area contributed by atoms with Gasteiger partial charge in [0.05, 0.1) is 22.0 Å². The van der Waals surface area contributed by atoms with Crippen LogP contribution in [0.1, 0.15) is 16.2 Å². The van der Waals surface area contributed by atoms with Gasteiger partial charge in [0.15, 0.2) is 0 Å². The number of carbonyl (C=O) groups excluding carboxylic acids is 1. The molecule has 0 saturated carbocycles. The number of H-pyrrole nitrogens is 1. The molecule has 0 atom stereocenters. The average Bonchev–Trinajstić information content (AvgIpc) is 2.62. The minimum Gasteiger partial charge on any atom is -0.302 e. The number of aromatic amines is 1. The Morgan fingerprint density at radius 1 is 1.31 bits per heavy atom. The average molecular weight is 372 g/mol. The van der Waals surface area contributed by atoms with Gasteiger partial charge in [-0.2, -0.15) is 5.10 Å². The fraction of sp³-hybridized carbons (Fsp3) is 0. The van der Waals surface area contributed by atoms with E-state index in [9.17, 15) is 19.7 Å². The molecule has 0 bridgehead atoms. The van der Waals surface area contributed by atoms with Gasteiger partial charge in [-0.15, -0.1) is 0 Å². The predicted octanol–water partition coefficient (Wildman–Crippen LogP) is 2.25. The molecule has 0 unspecified atom stereocenters. The number of aromatic nitrogens is 2. The Kier molecular flexibility index (Phi) is 4.72. The van der Waals surface area contributed by atoms with Crippen molar-refractivity contribution in [3.8, 4) is 0 Å². The number of benzene rings is 2. The highest BCUT2D eigenvalue weighted by atomic mass is 35.5. The second-order valence-electron chi connectivity index (χ2n) is 5.09. The van der Waals surface area contributed by atoms with E-state index >= 15 is 0 Å². The molecule has 3 rings (SSSR count). The molecule has 0 aliphatic heterocycles.